The first-order valence-corrected chi connectivity index (χ1v) is 11.1. The molecule has 0 aromatic heterocycles. The fraction of sp³-hybridized carbons (Fsp3) is 0.611. The van der Waals surface area contributed by atoms with Crippen LogP contribution in [0, 0.1) is 6.92 Å². The lowest BCUT2D eigenvalue weighted by Gasteiger charge is -2.37. The largest absolute Gasteiger partial charge is 0.368 e. The number of piperazine rings is 1. The third-order valence-corrected chi connectivity index (χ3v) is 7.35. The second-order valence-corrected chi connectivity index (χ2v) is 9.94. The van der Waals surface area contributed by atoms with Crippen molar-refractivity contribution >= 4 is 33.0 Å². The molecule has 8 heteroatoms. The van der Waals surface area contributed by atoms with E-state index in [9.17, 15) is 13.2 Å². The Morgan fingerprint density at radius 3 is 2.58 bits per heavy atom. The summed E-state index contributed by atoms with van der Waals surface area (Å²) in [6, 6.07) is 5.83. The molecular weight excluding hydrogens is 374 g/mol. The van der Waals surface area contributed by atoms with Crippen molar-refractivity contribution in [2.75, 3.05) is 56.2 Å². The first-order valence-electron chi connectivity index (χ1n) is 8.95. The normalized spacial score (nSPS) is 22.8. The van der Waals surface area contributed by atoms with Gasteiger partial charge in [0.25, 0.3) is 0 Å². The van der Waals surface area contributed by atoms with Crippen molar-refractivity contribution in [3.63, 3.8) is 0 Å². The van der Waals surface area contributed by atoms with Gasteiger partial charge < -0.3 is 9.80 Å². The summed E-state index contributed by atoms with van der Waals surface area (Å²) in [7, 11) is -1.09. The van der Waals surface area contributed by atoms with E-state index in [1.54, 1.807) is 0 Å². The minimum atomic E-state index is -2.93. The number of aryl methyl sites for hydroxylation is 1. The molecule has 2 fully saturated rings. The molecule has 0 saturated carbocycles. The molecule has 2 aliphatic rings. The van der Waals surface area contributed by atoms with Crippen molar-refractivity contribution in [2.24, 2.45) is 0 Å². The van der Waals surface area contributed by atoms with Crippen LogP contribution in [-0.2, 0) is 14.6 Å². The Bertz CT molecular complexity index is 776. The van der Waals surface area contributed by atoms with Crippen LogP contribution in [0.4, 0.5) is 5.69 Å². The maximum Gasteiger partial charge on any atom is 0.236 e. The Morgan fingerprint density at radius 1 is 1.27 bits per heavy atom. The number of sulfone groups is 1. The van der Waals surface area contributed by atoms with E-state index in [0.29, 0.717) is 19.5 Å². The van der Waals surface area contributed by atoms with E-state index in [-0.39, 0.29) is 30.0 Å². The van der Waals surface area contributed by atoms with E-state index in [1.165, 1.54) is 5.56 Å². The lowest BCUT2D eigenvalue weighted by atomic mass is 10.1. The molecule has 0 N–H and O–H groups in total. The molecule has 6 nitrogen and oxygen atoms in total. The Morgan fingerprint density at radius 2 is 1.96 bits per heavy atom. The minimum Gasteiger partial charge on any atom is -0.368 e. The molecule has 1 unspecified atom stereocenters. The molecular formula is C18H26ClN3O3S. The smallest absolute Gasteiger partial charge is 0.236 e. The van der Waals surface area contributed by atoms with Gasteiger partial charge in [-0.1, -0.05) is 17.7 Å². The summed E-state index contributed by atoms with van der Waals surface area (Å²) in [6.45, 7) is 5.22. The van der Waals surface area contributed by atoms with Crippen molar-refractivity contribution in [3.8, 4) is 0 Å². The molecule has 0 aliphatic carbocycles. The van der Waals surface area contributed by atoms with Crippen molar-refractivity contribution < 1.29 is 13.2 Å². The summed E-state index contributed by atoms with van der Waals surface area (Å²) >= 11 is 6.12. The summed E-state index contributed by atoms with van der Waals surface area (Å²) in [4.78, 5) is 18.6. The number of hydrogen-bond donors (Lipinski definition) is 0. The number of carbonyl (C=O) groups is 1. The predicted octanol–water partition coefficient (Wildman–Crippen LogP) is 1.42. The number of anilines is 1. The van der Waals surface area contributed by atoms with Crippen LogP contribution in [-0.4, -0.2) is 81.4 Å². The monoisotopic (exact) mass is 399 g/mol. The molecule has 2 saturated heterocycles. The zero-order valence-corrected chi connectivity index (χ0v) is 16.9. The number of amides is 1. The SMILES string of the molecule is Cc1ccc(Cl)cc1N1CCN(C(=O)CN(C)C2CCS(=O)(=O)C2)CC1. The van der Waals surface area contributed by atoms with E-state index in [0.717, 1.165) is 23.8 Å². The summed E-state index contributed by atoms with van der Waals surface area (Å²) in [6.07, 6.45) is 0.619. The van der Waals surface area contributed by atoms with Crippen molar-refractivity contribution in [1.29, 1.82) is 0 Å². The standard InChI is InChI=1S/C18H26ClN3O3S/c1-14-3-4-15(19)11-17(14)21-6-8-22(9-7-21)18(23)12-20(2)16-5-10-26(24,25)13-16/h3-4,11,16H,5-10,12-13H2,1-2H3. The molecule has 26 heavy (non-hydrogen) atoms. The van der Waals surface area contributed by atoms with Gasteiger partial charge in [-0.25, -0.2) is 8.42 Å². The Balaban J connectivity index is 1.53. The quantitative estimate of drug-likeness (QED) is 0.766. The highest BCUT2D eigenvalue weighted by Gasteiger charge is 2.32. The average molecular weight is 400 g/mol. The molecule has 0 bridgehead atoms. The molecule has 144 valence electrons. The highest BCUT2D eigenvalue weighted by molar-refractivity contribution is 7.91. The Labute approximate surface area is 160 Å². The fourth-order valence-electron chi connectivity index (χ4n) is 3.69. The van der Waals surface area contributed by atoms with Crippen LogP contribution >= 0.6 is 11.6 Å². The summed E-state index contributed by atoms with van der Waals surface area (Å²) in [5.74, 6) is 0.464. The summed E-state index contributed by atoms with van der Waals surface area (Å²) < 4.78 is 23.2. The fourth-order valence-corrected chi connectivity index (χ4v) is 5.66. The van der Waals surface area contributed by atoms with Crippen molar-refractivity contribution in [3.05, 3.63) is 28.8 Å². The van der Waals surface area contributed by atoms with Crippen LogP contribution in [0.25, 0.3) is 0 Å². The minimum absolute atomic E-state index is 0.0423. The highest BCUT2D eigenvalue weighted by atomic mass is 35.5. The average Bonchev–Trinajstić information content (AvgIpc) is 2.97. The zero-order valence-electron chi connectivity index (χ0n) is 15.3. The Kier molecular flexibility index (Phi) is 5.79. The topological polar surface area (TPSA) is 60.9 Å². The second-order valence-electron chi connectivity index (χ2n) is 7.27. The van der Waals surface area contributed by atoms with Crippen LogP contribution in [0.15, 0.2) is 18.2 Å². The molecule has 2 aliphatic heterocycles. The lowest BCUT2D eigenvalue weighted by Crippen LogP contribution is -2.52. The number of hydrogen-bond acceptors (Lipinski definition) is 5. The van der Waals surface area contributed by atoms with Gasteiger partial charge in [-0.2, -0.15) is 0 Å². The predicted molar refractivity (Wildman–Crippen MR) is 105 cm³/mol. The van der Waals surface area contributed by atoms with Gasteiger partial charge in [0.15, 0.2) is 9.84 Å². The van der Waals surface area contributed by atoms with Gasteiger partial charge >= 0.3 is 0 Å². The van der Waals surface area contributed by atoms with E-state index >= 15 is 0 Å². The van der Waals surface area contributed by atoms with Crippen LogP contribution < -0.4 is 4.90 Å². The number of carbonyl (C=O) groups excluding carboxylic acids is 1. The van der Waals surface area contributed by atoms with Crippen LogP contribution in [0.1, 0.15) is 12.0 Å². The molecule has 1 aromatic rings. The van der Waals surface area contributed by atoms with Crippen molar-refractivity contribution in [1.82, 2.24) is 9.80 Å². The van der Waals surface area contributed by atoms with Gasteiger partial charge in [-0.3, -0.25) is 9.69 Å². The second kappa shape index (κ2) is 7.74. The maximum atomic E-state index is 12.6. The number of nitrogens with zero attached hydrogens (tertiary/aromatic N) is 3. The number of benzene rings is 1. The van der Waals surface area contributed by atoms with Crippen LogP contribution in [0.3, 0.4) is 0 Å². The number of halogens is 1. The number of rotatable bonds is 4. The van der Waals surface area contributed by atoms with Gasteiger partial charge in [0.05, 0.1) is 18.1 Å². The first-order chi connectivity index (χ1) is 12.2. The molecule has 1 aromatic carbocycles. The molecule has 3 rings (SSSR count). The molecule has 1 amide bonds. The first kappa shape index (κ1) is 19.5. The van der Waals surface area contributed by atoms with E-state index < -0.39 is 9.84 Å². The van der Waals surface area contributed by atoms with Crippen LogP contribution in [0.2, 0.25) is 5.02 Å². The maximum absolute atomic E-state index is 12.6. The lowest BCUT2D eigenvalue weighted by molar-refractivity contribution is -0.132. The molecule has 2 heterocycles. The highest BCUT2D eigenvalue weighted by Crippen LogP contribution is 2.25. The summed E-state index contributed by atoms with van der Waals surface area (Å²) in [5.41, 5.74) is 2.30. The van der Waals surface area contributed by atoms with Gasteiger partial charge in [0.2, 0.25) is 5.91 Å². The Hall–Kier alpha value is -1.31. The van der Waals surface area contributed by atoms with Gasteiger partial charge in [0, 0.05) is 42.9 Å². The van der Waals surface area contributed by atoms with Gasteiger partial charge in [-0.15, -0.1) is 0 Å². The van der Waals surface area contributed by atoms with E-state index in [2.05, 4.69) is 11.8 Å². The molecule has 1 atom stereocenters. The van der Waals surface area contributed by atoms with Crippen molar-refractivity contribution in [2.45, 2.75) is 19.4 Å². The van der Waals surface area contributed by atoms with Gasteiger partial charge in [0.1, 0.15) is 0 Å². The molecule has 0 spiro atoms. The van der Waals surface area contributed by atoms with Gasteiger partial charge in [-0.05, 0) is 38.1 Å². The third-order valence-electron chi connectivity index (χ3n) is 5.36. The van der Waals surface area contributed by atoms with E-state index in [1.807, 2.05) is 35.0 Å². The summed E-state index contributed by atoms with van der Waals surface area (Å²) in [5, 5.41) is 0.720. The zero-order chi connectivity index (χ0) is 18.9. The third kappa shape index (κ3) is 4.50. The van der Waals surface area contributed by atoms with Crippen LogP contribution in [0.5, 0.6) is 0 Å². The van der Waals surface area contributed by atoms with E-state index in [4.69, 9.17) is 11.6 Å². The number of likely N-dealkylation sites (N-methyl/N-ethyl adjacent to an activating group) is 1. The molecule has 0 radical (unpaired) electrons.